The quantitative estimate of drug-likeness (QED) is 0.595. The van der Waals surface area contributed by atoms with Gasteiger partial charge in [-0.05, 0) is 40.8 Å². The number of fused-ring (bicyclic) bond motifs is 1. The molecule has 1 aromatic heterocycles. The number of halogens is 1. The number of aldehydes is 1. The Morgan fingerprint density at radius 3 is 2.92 bits per heavy atom. The van der Waals surface area contributed by atoms with Crippen LogP contribution in [0.2, 0.25) is 0 Å². The largest absolute Gasteiger partial charge is 0.298 e. The molecular weight excluding hydrogens is 277 g/mol. The van der Waals surface area contributed by atoms with Gasteiger partial charge in [-0.25, -0.2) is 0 Å². The number of pyridine rings is 1. The molecule has 0 saturated carbocycles. The molecule has 2 aromatic rings. The van der Waals surface area contributed by atoms with Gasteiger partial charge in [0.15, 0.2) is 6.29 Å². The minimum absolute atomic E-state index is 0.619. The molecule has 64 valence electrons. The molecule has 1 aromatic carbocycles. The van der Waals surface area contributed by atoms with Gasteiger partial charge in [-0.1, -0.05) is 6.07 Å². The topological polar surface area (TPSA) is 30.0 Å². The Hall–Kier alpha value is -0.970. The maximum atomic E-state index is 10.5. The van der Waals surface area contributed by atoms with Crippen LogP contribution in [0.25, 0.3) is 10.9 Å². The Kier molecular flexibility index (Phi) is 2.26. The molecule has 0 bridgehead atoms. The number of hydrogen-bond acceptors (Lipinski definition) is 2. The fraction of sp³-hybridized carbons (Fsp3) is 0. The van der Waals surface area contributed by atoms with Crippen LogP contribution in [0, 0.1) is 3.57 Å². The normalized spacial score (nSPS) is 10.2. The molecule has 13 heavy (non-hydrogen) atoms. The van der Waals surface area contributed by atoms with Crippen molar-refractivity contribution in [3.05, 3.63) is 39.6 Å². The molecule has 0 unspecified atom stereocenters. The van der Waals surface area contributed by atoms with E-state index in [-0.39, 0.29) is 0 Å². The molecule has 3 heteroatoms. The summed E-state index contributed by atoms with van der Waals surface area (Å²) in [7, 11) is 0. The summed E-state index contributed by atoms with van der Waals surface area (Å²) >= 11 is 2.24. The van der Waals surface area contributed by atoms with E-state index in [1.165, 1.54) is 0 Å². The lowest BCUT2D eigenvalue weighted by atomic mass is 10.2. The molecule has 1 heterocycles. The van der Waals surface area contributed by atoms with Crippen molar-refractivity contribution in [2.75, 3.05) is 0 Å². The zero-order valence-electron chi connectivity index (χ0n) is 6.70. The Morgan fingerprint density at radius 2 is 2.15 bits per heavy atom. The molecule has 0 aliphatic rings. The van der Waals surface area contributed by atoms with E-state index in [0.29, 0.717) is 5.56 Å². The van der Waals surface area contributed by atoms with Gasteiger partial charge in [0.2, 0.25) is 0 Å². The first-order chi connectivity index (χ1) is 6.29. The first kappa shape index (κ1) is 8.62. The van der Waals surface area contributed by atoms with Crippen molar-refractivity contribution in [3.63, 3.8) is 0 Å². The average Bonchev–Trinajstić information content (AvgIpc) is 2.17. The standard InChI is InChI=1S/C10H6INO/c11-9-2-1-8-3-7(6-13)5-12-10(8)4-9/h1-6H. The van der Waals surface area contributed by atoms with Gasteiger partial charge < -0.3 is 0 Å². The molecule has 2 nitrogen and oxygen atoms in total. The van der Waals surface area contributed by atoms with Gasteiger partial charge in [0.25, 0.3) is 0 Å². The maximum absolute atomic E-state index is 10.5. The summed E-state index contributed by atoms with van der Waals surface area (Å²) in [6.07, 6.45) is 2.40. The van der Waals surface area contributed by atoms with E-state index >= 15 is 0 Å². The third-order valence-electron chi connectivity index (χ3n) is 1.80. The average molecular weight is 283 g/mol. The van der Waals surface area contributed by atoms with E-state index in [1.807, 2.05) is 24.3 Å². The van der Waals surface area contributed by atoms with Gasteiger partial charge in [-0.15, -0.1) is 0 Å². The predicted molar refractivity (Wildman–Crippen MR) is 59.8 cm³/mol. The monoisotopic (exact) mass is 283 g/mol. The molecule has 0 fully saturated rings. The van der Waals surface area contributed by atoms with E-state index in [9.17, 15) is 4.79 Å². The molecule has 0 atom stereocenters. The van der Waals surface area contributed by atoms with Crippen molar-refractivity contribution in [3.8, 4) is 0 Å². The maximum Gasteiger partial charge on any atom is 0.151 e. The summed E-state index contributed by atoms with van der Waals surface area (Å²) in [4.78, 5) is 14.7. The van der Waals surface area contributed by atoms with E-state index in [1.54, 1.807) is 6.20 Å². The predicted octanol–water partition coefficient (Wildman–Crippen LogP) is 2.65. The van der Waals surface area contributed by atoms with Crippen LogP contribution in [-0.4, -0.2) is 11.3 Å². The van der Waals surface area contributed by atoms with Crippen molar-refractivity contribution in [1.82, 2.24) is 4.98 Å². The molecule has 0 saturated heterocycles. The highest BCUT2D eigenvalue weighted by molar-refractivity contribution is 14.1. The SMILES string of the molecule is O=Cc1cnc2cc(I)ccc2c1. The van der Waals surface area contributed by atoms with Crippen molar-refractivity contribution in [1.29, 1.82) is 0 Å². The Labute approximate surface area is 89.1 Å². The zero-order valence-corrected chi connectivity index (χ0v) is 8.86. The number of carbonyl (C=O) groups is 1. The number of benzene rings is 1. The fourth-order valence-corrected chi connectivity index (χ4v) is 1.65. The van der Waals surface area contributed by atoms with E-state index in [0.717, 1.165) is 20.8 Å². The second-order valence-corrected chi connectivity index (χ2v) is 3.97. The minimum Gasteiger partial charge on any atom is -0.298 e. The number of aromatic nitrogens is 1. The lowest BCUT2D eigenvalue weighted by Gasteiger charge is -1.97. The van der Waals surface area contributed by atoms with Crippen LogP contribution < -0.4 is 0 Å². The molecular formula is C10H6INO. The highest BCUT2D eigenvalue weighted by Gasteiger charge is 1.97. The number of rotatable bonds is 1. The van der Waals surface area contributed by atoms with Gasteiger partial charge in [-0.3, -0.25) is 9.78 Å². The highest BCUT2D eigenvalue weighted by atomic mass is 127. The van der Waals surface area contributed by atoms with E-state index in [2.05, 4.69) is 27.6 Å². The third-order valence-corrected chi connectivity index (χ3v) is 2.47. The lowest BCUT2D eigenvalue weighted by Crippen LogP contribution is -1.84. The summed E-state index contributed by atoms with van der Waals surface area (Å²) in [6, 6.07) is 7.80. The summed E-state index contributed by atoms with van der Waals surface area (Å²) in [6.45, 7) is 0. The van der Waals surface area contributed by atoms with Crippen LogP contribution in [-0.2, 0) is 0 Å². The Morgan fingerprint density at radius 1 is 1.31 bits per heavy atom. The Bertz CT molecular complexity index is 467. The van der Waals surface area contributed by atoms with Gasteiger partial charge in [0, 0.05) is 20.7 Å². The molecule has 0 amide bonds. The van der Waals surface area contributed by atoms with Crippen molar-refractivity contribution < 1.29 is 4.79 Å². The van der Waals surface area contributed by atoms with Crippen LogP contribution in [0.1, 0.15) is 10.4 Å². The second kappa shape index (κ2) is 3.41. The van der Waals surface area contributed by atoms with Crippen molar-refractivity contribution in [2.45, 2.75) is 0 Å². The number of hydrogen-bond donors (Lipinski definition) is 0. The molecule has 0 N–H and O–H groups in total. The van der Waals surface area contributed by atoms with Gasteiger partial charge >= 0.3 is 0 Å². The summed E-state index contributed by atoms with van der Waals surface area (Å²) in [5.41, 5.74) is 1.55. The highest BCUT2D eigenvalue weighted by Crippen LogP contribution is 2.15. The minimum atomic E-state index is 0.619. The number of carbonyl (C=O) groups excluding carboxylic acids is 1. The Balaban J connectivity index is 2.73. The van der Waals surface area contributed by atoms with Crippen molar-refractivity contribution in [2.24, 2.45) is 0 Å². The summed E-state index contributed by atoms with van der Waals surface area (Å²) < 4.78 is 1.15. The fourth-order valence-electron chi connectivity index (χ4n) is 1.18. The first-order valence-electron chi connectivity index (χ1n) is 3.80. The smallest absolute Gasteiger partial charge is 0.151 e. The molecule has 2 rings (SSSR count). The third kappa shape index (κ3) is 1.70. The molecule has 0 radical (unpaired) electrons. The van der Waals surface area contributed by atoms with Gasteiger partial charge in [-0.2, -0.15) is 0 Å². The lowest BCUT2D eigenvalue weighted by molar-refractivity contribution is 0.112. The molecule has 0 aliphatic carbocycles. The van der Waals surface area contributed by atoms with Crippen LogP contribution in [0.5, 0.6) is 0 Å². The summed E-state index contributed by atoms with van der Waals surface area (Å²) in [5.74, 6) is 0. The van der Waals surface area contributed by atoms with Gasteiger partial charge in [0.05, 0.1) is 5.52 Å². The zero-order chi connectivity index (χ0) is 9.26. The van der Waals surface area contributed by atoms with Crippen LogP contribution in [0.4, 0.5) is 0 Å². The van der Waals surface area contributed by atoms with Gasteiger partial charge in [0.1, 0.15) is 0 Å². The van der Waals surface area contributed by atoms with Crippen LogP contribution in [0.3, 0.4) is 0 Å². The van der Waals surface area contributed by atoms with Crippen molar-refractivity contribution >= 4 is 39.8 Å². The number of nitrogens with zero attached hydrogens (tertiary/aromatic N) is 1. The second-order valence-electron chi connectivity index (χ2n) is 2.72. The van der Waals surface area contributed by atoms with Crippen LogP contribution >= 0.6 is 22.6 Å². The molecule has 0 aliphatic heterocycles. The first-order valence-corrected chi connectivity index (χ1v) is 4.88. The van der Waals surface area contributed by atoms with E-state index in [4.69, 9.17) is 0 Å². The van der Waals surface area contributed by atoms with Crippen LogP contribution in [0.15, 0.2) is 30.5 Å². The van der Waals surface area contributed by atoms with E-state index < -0.39 is 0 Å². The summed E-state index contributed by atoms with van der Waals surface area (Å²) in [5, 5.41) is 1.00. The molecule has 0 spiro atoms.